The minimum absolute atomic E-state index is 0.555. The predicted octanol–water partition coefficient (Wildman–Crippen LogP) is 5.86. The number of allylic oxidation sites excluding steroid dienone is 2. The maximum Gasteiger partial charge on any atom is 0.158 e. The third kappa shape index (κ3) is 5.03. The van der Waals surface area contributed by atoms with Gasteiger partial charge in [0.15, 0.2) is 5.82 Å². The molecule has 8 nitrogen and oxygen atoms in total. The molecule has 4 aromatic rings. The Morgan fingerprint density at radius 1 is 0.895 bits per heavy atom. The van der Waals surface area contributed by atoms with Crippen LogP contribution in [-0.2, 0) is 20.1 Å². The molecule has 0 fully saturated rings. The van der Waals surface area contributed by atoms with Crippen molar-refractivity contribution in [1.82, 2.24) is 19.7 Å². The van der Waals surface area contributed by atoms with Crippen LogP contribution in [0.3, 0.4) is 0 Å². The zero-order valence-corrected chi connectivity index (χ0v) is 22.8. The van der Waals surface area contributed by atoms with Gasteiger partial charge in [-0.3, -0.25) is 4.68 Å². The van der Waals surface area contributed by atoms with Gasteiger partial charge in [0.05, 0.1) is 21.3 Å². The normalized spacial score (nSPS) is 13.3. The fourth-order valence-electron chi connectivity index (χ4n) is 5.17. The molecule has 5 rings (SSSR count). The molecule has 0 atom stereocenters. The van der Waals surface area contributed by atoms with Crippen LogP contribution in [0.4, 0.5) is 5.82 Å². The Hall–Kier alpha value is -4.07. The average molecular weight is 514 g/mol. The molecule has 1 aliphatic carbocycles. The molecule has 8 heteroatoms. The van der Waals surface area contributed by atoms with Crippen molar-refractivity contribution < 1.29 is 14.2 Å². The largest absolute Gasteiger partial charge is 0.497 e. The topological polar surface area (TPSA) is 74.5 Å². The summed E-state index contributed by atoms with van der Waals surface area (Å²) in [6.07, 6.45) is 8.48. The molecule has 1 aliphatic rings. The Kier molecular flexibility index (Phi) is 7.49. The molecular weight excluding hydrogens is 478 g/mol. The van der Waals surface area contributed by atoms with Crippen molar-refractivity contribution in [2.45, 2.75) is 45.7 Å². The number of fused-ring (bicyclic) bond motifs is 1. The van der Waals surface area contributed by atoms with Crippen molar-refractivity contribution in [3.8, 4) is 17.2 Å². The Morgan fingerprint density at radius 2 is 1.63 bits per heavy atom. The third-order valence-electron chi connectivity index (χ3n) is 7.15. The van der Waals surface area contributed by atoms with Gasteiger partial charge < -0.3 is 19.1 Å². The van der Waals surface area contributed by atoms with Crippen molar-refractivity contribution >= 4 is 22.4 Å². The Balaban J connectivity index is 1.64. The molecule has 0 radical (unpaired) electrons. The van der Waals surface area contributed by atoms with Gasteiger partial charge >= 0.3 is 0 Å². The van der Waals surface area contributed by atoms with E-state index in [1.54, 1.807) is 27.7 Å². The highest BCUT2D eigenvalue weighted by molar-refractivity contribution is 5.94. The molecule has 0 unspecified atom stereocenters. The smallest absolute Gasteiger partial charge is 0.158 e. The van der Waals surface area contributed by atoms with Crippen LogP contribution in [0, 0.1) is 6.92 Å². The maximum atomic E-state index is 5.76. The summed E-state index contributed by atoms with van der Waals surface area (Å²) in [6, 6.07) is 12.2. The number of ether oxygens (including phenoxy) is 3. The zero-order chi connectivity index (χ0) is 26.6. The van der Waals surface area contributed by atoms with E-state index in [-0.39, 0.29) is 0 Å². The summed E-state index contributed by atoms with van der Waals surface area (Å²) in [6.45, 7) is 3.20. The van der Waals surface area contributed by atoms with Gasteiger partial charge in [0, 0.05) is 37.3 Å². The number of methoxy groups -OCH3 is 3. The van der Waals surface area contributed by atoms with E-state index in [2.05, 4.69) is 36.1 Å². The van der Waals surface area contributed by atoms with Crippen LogP contribution in [0.15, 0.2) is 48.8 Å². The molecule has 2 aromatic heterocycles. The molecule has 0 spiro atoms. The van der Waals surface area contributed by atoms with Gasteiger partial charge in [0.25, 0.3) is 0 Å². The molecule has 0 saturated carbocycles. The Labute approximate surface area is 223 Å². The molecule has 198 valence electrons. The van der Waals surface area contributed by atoms with Gasteiger partial charge in [-0.1, -0.05) is 18.2 Å². The first-order valence-electron chi connectivity index (χ1n) is 13.0. The molecule has 2 heterocycles. The molecule has 0 bridgehead atoms. The van der Waals surface area contributed by atoms with E-state index >= 15 is 0 Å². The van der Waals surface area contributed by atoms with E-state index in [1.807, 2.05) is 29.9 Å². The van der Waals surface area contributed by atoms with Crippen LogP contribution in [0.25, 0.3) is 16.6 Å². The minimum Gasteiger partial charge on any atom is -0.497 e. The van der Waals surface area contributed by atoms with Crippen molar-refractivity contribution in [2.24, 2.45) is 7.05 Å². The van der Waals surface area contributed by atoms with Crippen LogP contribution in [0.1, 0.15) is 48.1 Å². The van der Waals surface area contributed by atoms with Gasteiger partial charge in [0.2, 0.25) is 0 Å². The number of hydrogen-bond donors (Lipinski definition) is 0. The van der Waals surface area contributed by atoms with Crippen LogP contribution < -0.4 is 19.1 Å². The van der Waals surface area contributed by atoms with E-state index in [0.717, 1.165) is 69.3 Å². The molecule has 0 amide bonds. The third-order valence-corrected chi connectivity index (χ3v) is 7.15. The summed E-state index contributed by atoms with van der Waals surface area (Å²) in [5, 5.41) is 4.93. The second kappa shape index (κ2) is 11.1. The molecule has 38 heavy (non-hydrogen) atoms. The highest BCUT2D eigenvalue weighted by atomic mass is 16.5. The van der Waals surface area contributed by atoms with Crippen molar-refractivity contribution in [1.29, 1.82) is 0 Å². The second-order valence-corrected chi connectivity index (χ2v) is 9.69. The van der Waals surface area contributed by atoms with Crippen LogP contribution in [0.2, 0.25) is 0 Å². The highest BCUT2D eigenvalue weighted by Crippen LogP contribution is 2.35. The van der Waals surface area contributed by atoms with E-state index in [4.69, 9.17) is 29.3 Å². The molecule has 2 aromatic carbocycles. The summed E-state index contributed by atoms with van der Waals surface area (Å²) >= 11 is 0. The van der Waals surface area contributed by atoms with Gasteiger partial charge in [-0.15, -0.1) is 0 Å². The van der Waals surface area contributed by atoms with Gasteiger partial charge in [-0.2, -0.15) is 5.10 Å². The van der Waals surface area contributed by atoms with Crippen LogP contribution in [0.5, 0.6) is 17.2 Å². The van der Waals surface area contributed by atoms with E-state index < -0.39 is 0 Å². The Bertz CT molecular complexity index is 1480. The highest BCUT2D eigenvalue weighted by Gasteiger charge is 2.23. The van der Waals surface area contributed by atoms with Crippen molar-refractivity contribution in [3.05, 3.63) is 71.2 Å². The molecule has 0 N–H and O–H groups in total. The summed E-state index contributed by atoms with van der Waals surface area (Å²) in [4.78, 5) is 11.8. The number of nitrogens with zero attached hydrogens (tertiary/aromatic N) is 5. The van der Waals surface area contributed by atoms with E-state index in [0.29, 0.717) is 13.1 Å². The fraction of sp³-hybridized carbons (Fsp3) is 0.367. The first-order valence-corrected chi connectivity index (χ1v) is 13.0. The van der Waals surface area contributed by atoms with Crippen LogP contribution >= 0.6 is 0 Å². The van der Waals surface area contributed by atoms with Crippen molar-refractivity contribution in [2.75, 3.05) is 26.2 Å². The number of aryl methyl sites for hydroxylation is 2. The lowest BCUT2D eigenvalue weighted by atomic mass is 9.97. The van der Waals surface area contributed by atoms with Gasteiger partial charge in [-0.05, 0) is 61.9 Å². The first kappa shape index (κ1) is 25.6. The SMILES string of the molecule is COc1ccc(CN(Cc2ccc(C)cc2OC)c2ncnc3c(C4=CCCCC4)nn(C)c23)c(OC)c1. The second-order valence-electron chi connectivity index (χ2n) is 9.69. The molecule has 0 saturated heterocycles. The summed E-state index contributed by atoms with van der Waals surface area (Å²) < 4.78 is 18.8. The predicted molar refractivity (Wildman–Crippen MR) is 150 cm³/mol. The van der Waals surface area contributed by atoms with Gasteiger partial charge in [-0.25, -0.2) is 9.97 Å². The monoisotopic (exact) mass is 513 g/mol. The average Bonchev–Trinajstić information content (AvgIpc) is 3.30. The lowest BCUT2D eigenvalue weighted by molar-refractivity contribution is 0.390. The number of anilines is 1. The minimum atomic E-state index is 0.555. The maximum absolute atomic E-state index is 5.76. The summed E-state index contributed by atoms with van der Waals surface area (Å²) in [5.74, 6) is 3.17. The standard InChI is InChI=1S/C30H35N5O3/c1-20-11-12-22(25(15-20)37-4)17-35(18-23-13-14-24(36-3)16-26(23)38-5)30-29-28(31-19-32-30)27(33-34(29)2)21-9-7-6-8-10-21/h9,11-16,19H,6-8,10,17-18H2,1-5H3. The number of rotatable bonds is 9. The summed E-state index contributed by atoms with van der Waals surface area (Å²) in [7, 11) is 7.02. The number of hydrogen-bond acceptors (Lipinski definition) is 7. The lowest BCUT2D eigenvalue weighted by Crippen LogP contribution is -2.24. The number of benzene rings is 2. The molecular formula is C30H35N5O3. The van der Waals surface area contributed by atoms with E-state index in [9.17, 15) is 0 Å². The van der Waals surface area contributed by atoms with E-state index in [1.165, 1.54) is 18.4 Å². The zero-order valence-electron chi connectivity index (χ0n) is 22.8. The summed E-state index contributed by atoms with van der Waals surface area (Å²) in [5.41, 5.74) is 7.25. The van der Waals surface area contributed by atoms with Crippen LogP contribution in [-0.4, -0.2) is 41.1 Å². The quantitative estimate of drug-likeness (QED) is 0.277. The number of aromatic nitrogens is 4. The fourth-order valence-corrected chi connectivity index (χ4v) is 5.17. The Morgan fingerprint density at radius 3 is 2.32 bits per heavy atom. The first-order chi connectivity index (χ1) is 18.5. The lowest BCUT2D eigenvalue weighted by Gasteiger charge is -2.26. The van der Waals surface area contributed by atoms with Gasteiger partial charge in [0.1, 0.15) is 40.3 Å². The van der Waals surface area contributed by atoms with Crippen molar-refractivity contribution in [3.63, 3.8) is 0 Å². The molecule has 0 aliphatic heterocycles.